The molecule has 1 aliphatic heterocycles. The Labute approximate surface area is 122 Å². The van der Waals surface area contributed by atoms with E-state index in [1.54, 1.807) is 0 Å². The van der Waals surface area contributed by atoms with Gasteiger partial charge in [-0.1, -0.05) is 25.5 Å². The summed E-state index contributed by atoms with van der Waals surface area (Å²) in [6, 6.07) is 6.15. The first-order valence-electron chi connectivity index (χ1n) is 7.65. The molecule has 0 spiro atoms. The standard InChI is InChI=1S/C17H26N2O/c1-4-14-8-9-19(15(10-14)11-18)17(20)16-7-5-6-12(2)13(16)3/h5-7,14-15H,4,8-11,18H2,1-3H3. The van der Waals surface area contributed by atoms with Gasteiger partial charge in [0.05, 0.1) is 0 Å². The Bertz CT molecular complexity index is 484. The summed E-state index contributed by atoms with van der Waals surface area (Å²) in [6.45, 7) is 7.70. The molecule has 2 atom stereocenters. The van der Waals surface area contributed by atoms with Gasteiger partial charge in [0, 0.05) is 24.7 Å². The first kappa shape index (κ1) is 15.0. The number of aryl methyl sites for hydroxylation is 1. The Morgan fingerprint density at radius 2 is 2.15 bits per heavy atom. The lowest BCUT2D eigenvalue weighted by Crippen LogP contribution is -2.49. The van der Waals surface area contributed by atoms with Crippen molar-refractivity contribution in [1.29, 1.82) is 0 Å². The molecular weight excluding hydrogens is 248 g/mol. The van der Waals surface area contributed by atoms with Crippen LogP contribution in [-0.2, 0) is 0 Å². The SMILES string of the molecule is CCC1CCN(C(=O)c2cccc(C)c2C)C(CN)C1. The van der Waals surface area contributed by atoms with Crippen LogP contribution in [0.4, 0.5) is 0 Å². The van der Waals surface area contributed by atoms with Crippen LogP contribution in [0.15, 0.2) is 18.2 Å². The summed E-state index contributed by atoms with van der Waals surface area (Å²) in [5.74, 6) is 0.863. The number of carbonyl (C=O) groups is 1. The normalized spacial score (nSPS) is 22.9. The quantitative estimate of drug-likeness (QED) is 0.921. The second kappa shape index (κ2) is 6.40. The fourth-order valence-electron chi connectivity index (χ4n) is 3.13. The minimum atomic E-state index is 0.149. The number of hydrogen-bond acceptors (Lipinski definition) is 2. The monoisotopic (exact) mass is 274 g/mol. The summed E-state index contributed by atoms with van der Waals surface area (Å²) in [4.78, 5) is 14.8. The molecule has 0 radical (unpaired) electrons. The average Bonchev–Trinajstić information content (AvgIpc) is 2.48. The second-order valence-electron chi connectivity index (χ2n) is 5.93. The van der Waals surface area contributed by atoms with Gasteiger partial charge < -0.3 is 10.6 Å². The highest BCUT2D eigenvalue weighted by atomic mass is 16.2. The number of rotatable bonds is 3. The first-order chi connectivity index (χ1) is 9.58. The van der Waals surface area contributed by atoms with Crippen molar-refractivity contribution in [3.8, 4) is 0 Å². The van der Waals surface area contributed by atoms with E-state index in [0.717, 1.165) is 30.5 Å². The van der Waals surface area contributed by atoms with Gasteiger partial charge in [-0.2, -0.15) is 0 Å². The first-order valence-corrected chi connectivity index (χ1v) is 7.65. The molecule has 1 aliphatic rings. The molecule has 0 saturated carbocycles. The van der Waals surface area contributed by atoms with E-state index < -0.39 is 0 Å². The molecule has 1 amide bonds. The highest BCUT2D eigenvalue weighted by Crippen LogP contribution is 2.27. The molecule has 110 valence electrons. The number of hydrogen-bond donors (Lipinski definition) is 1. The van der Waals surface area contributed by atoms with E-state index >= 15 is 0 Å². The zero-order valence-electron chi connectivity index (χ0n) is 12.9. The summed E-state index contributed by atoms with van der Waals surface area (Å²) in [5.41, 5.74) is 8.99. The maximum absolute atomic E-state index is 12.8. The van der Waals surface area contributed by atoms with Crippen molar-refractivity contribution in [1.82, 2.24) is 4.90 Å². The van der Waals surface area contributed by atoms with Crippen LogP contribution in [0.3, 0.4) is 0 Å². The van der Waals surface area contributed by atoms with Crippen molar-refractivity contribution in [2.75, 3.05) is 13.1 Å². The van der Waals surface area contributed by atoms with Crippen molar-refractivity contribution in [3.05, 3.63) is 34.9 Å². The highest BCUT2D eigenvalue weighted by molar-refractivity contribution is 5.96. The largest absolute Gasteiger partial charge is 0.334 e. The fourth-order valence-corrected chi connectivity index (χ4v) is 3.13. The molecule has 1 aromatic rings. The van der Waals surface area contributed by atoms with Gasteiger partial charge in [-0.15, -0.1) is 0 Å². The maximum Gasteiger partial charge on any atom is 0.254 e. The van der Waals surface area contributed by atoms with Crippen LogP contribution in [0.1, 0.15) is 47.7 Å². The van der Waals surface area contributed by atoms with E-state index in [2.05, 4.69) is 19.9 Å². The zero-order chi connectivity index (χ0) is 14.7. The van der Waals surface area contributed by atoms with Crippen LogP contribution < -0.4 is 5.73 Å². The minimum absolute atomic E-state index is 0.149. The van der Waals surface area contributed by atoms with E-state index in [1.807, 2.05) is 24.0 Å². The van der Waals surface area contributed by atoms with Gasteiger partial charge in [-0.3, -0.25) is 4.79 Å². The number of nitrogens with two attached hydrogens (primary N) is 1. The van der Waals surface area contributed by atoms with Gasteiger partial charge in [0.25, 0.3) is 5.91 Å². The van der Waals surface area contributed by atoms with Gasteiger partial charge in [0.15, 0.2) is 0 Å². The van der Waals surface area contributed by atoms with Crippen LogP contribution in [0.25, 0.3) is 0 Å². The summed E-state index contributed by atoms with van der Waals surface area (Å²) < 4.78 is 0. The molecule has 2 N–H and O–H groups in total. The smallest absolute Gasteiger partial charge is 0.254 e. The number of benzene rings is 1. The Balaban J connectivity index is 2.22. The lowest BCUT2D eigenvalue weighted by molar-refractivity contribution is 0.0557. The number of piperidine rings is 1. The Morgan fingerprint density at radius 1 is 1.40 bits per heavy atom. The van der Waals surface area contributed by atoms with Gasteiger partial charge in [-0.25, -0.2) is 0 Å². The molecule has 0 aliphatic carbocycles. The van der Waals surface area contributed by atoms with E-state index in [4.69, 9.17) is 5.73 Å². The summed E-state index contributed by atoms with van der Waals surface area (Å²) >= 11 is 0. The van der Waals surface area contributed by atoms with E-state index in [0.29, 0.717) is 12.5 Å². The lowest BCUT2D eigenvalue weighted by atomic mass is 9.88. The van der Waals surface area contributed by atoms with Crippen molar-refractivity contribution >= 4 is 5.91 Å². The van der Waals surface area contributed by atoms with Crippen LogP contribution >= 0.6 is 0 Å². The number of likely N-dealkylation sites (tertiary alicyclic amines) is 1. The molecular formula is C17H26N2O. The van der Waals surface area contributed by atoms with Gasteiger partial charge in [0.1, 0.15) is 0 Å². The molecule has 1 fully saturated rings. The number of carbonyl (C=O) groups excluding carboxylic acids is 1. The molecule has 2 rings (SSSR count). The van der Waals surface area contributed by atoms with Crippen molar-refractivity contribution in [2.24, 2.45) is 11.7 Å². The van der Waals surface area contributed by atoms with Crippen molar-refractivity contribution < 1.29 is 4.79 Å². The minimum Gasteiger partial charge on any atom is -0.334 e. The van der Waals surface area contributed by atoms with Crippen LogP contribution in [0, 0.1) is 19.8 Å². The molecule has 3 nitrogen and oxygen atoms in total. The molecule has 2 unspecified atom stereocenters. The van der Waals surface area contributed by atoms with Crippen LogP contribution in [0.5, 0.6) is 0 Å². The maximum atomic E-state index is 12.8. The third-order valence-corrected chi connectivity index (χ3v) is 4.77. The third kappa shape index (κ3) is 2.88. The Morgan fingerprint density at radius 3 is 2.80 bits per heavy atom. The predicted octanol–water partition coefficient (Wildman–Crippen LogP) is 2.89. The highest BCUT2D eigenvalue weighted by Gasteiger charge is 2.31. The van der Waals surface area contributed by atoms with E-state index in [-0.39, 0.29) is 11.9 Å². The topological polar surface area (TPSA) is 46.3 Å². The second-order valence-corrected chi connectivity index (χ2v) is 5.93. The molecule has 1 aromatic carbocycles. The lowest BCUT2D eigenvalue weighted by Gasteiger charge is -2.39. The Kier molecular flexibility index (Phi) is 4.81. The van der Waals surface area contributed by atoms with E-state index in [1.165, 1.54) is 12.0 Å². The van der Waals surface area contributed by atoms with Gasteiger partial charge in [-0.05, 0) is 49.8 Å². The number of nitrogens with zero attached hydrogens (tertiary/aromatic N) is 1. The molecule has 20 heavy (non-hydrogen) atoms. The van der Waals surface area contributed by atoms with E-state index in [9.17, 15) is 4.79 Å². The summed E-state index contributed by atoms with van der Waals surface area (Å²) in [5, 5.41) is 0. The fraction of sp³-hybridized carbons (Fsp3) is 0.588. The van der Waals surface area contributed by atoms with Gasteiger partial charge in [0.2, 0.25) is 0 Å². The summed E-state index contributed by atoms with van der Waals surface area (Å²) in [7, 11) is 0. The summed E-state index contributed by atoms with van der Waals surface area (Å²) in [6.07, 6.45) is 3.33. The Hall–Kier alpha value is -1.35. The van der Waals surface area contributed by atoms with Gasteiger partial charge >= 0.3 is 0 Å². The predicted molar refractivity (Wildman–Crippen MR) is 82.8 cm³/mol. The molecule has 0 aromatic heterocycles. The zero-order valence-corrected chi connectivity index (χ0v) is 12.9. The van der Waals surface area contributed by atoms with Crippen molar-refractivity contribution in [2.45, 2.75) is 46.1 Å². The molecule has 1 saturated heterocycles. The number of amides is 1. The molecule has 3 heteroatoms. The average molecular weight is 274 g/mol. The van der Waals surface area contributed by atoms with Crippen LogP contribution in [-0.4, -0.2) is 29.9 Å². The van der Waals surface area contributed by atoms with Crippen LogP contribution in [0.2, 0.25) is 0 Å². The molecule has 0 bridgehead atoms. The molecule has 1 heterocycles. The van der Waals surface area contributed by atoms with Crippen molar-refractivity contribution in [3.63, 3.8) is 0 Å². The third-order valence-electron chi connectivity index (χ3n) is 4.77.